The van der Waals surface area contributed by atoms with Crippen LogP contribution in [-0.2, 0) is 0 Å². The molecule has 1 aromatic heterocycles. The van der Waals surface area contributed by atoms with E-state index in [2.05, 4.69) is 15.2 Å². The molecule has 1 N–H and O–H groups in total. The Morgan fingerprint density at radius 1 is 1.43 bits per heavy atom. The van der Waals surface area contributed by atoms with Crippen molar-refractivity contribution in [3.8, 4) is 0 Å². The van der Waals surface area contributed by atoms with Crippen molar-refractivity contribution in [1.82, 2.24) is 9.88 Å². The third kappa shape index (κ3) is 1.77. The van der Waals surface area contributed by atoms with Crippen molar-refractivity contribution in [3.63, 3.8) is 0 Å². The van der Waals surface area contributed by atoms with Crippen LogP contribution in [0.4, 0.5) is 5.13 Å². The maximum atomic E-state index is 4.25. The zero-order valence-electron chi connectivity index (χ0n) is 8.15. The Morgan fingerprint density at radius 3 is 3.07 bits per heavy atom. The molecule has 1 aromatic rings. The first-order valence-electron chi connectivity index (χ1n) is 5.32. The summed E-state index contributed by atoms with van der Waals surface area (Å²) in [7, 11) is 0. The Kier molecular flexibility index (Phi) is 2.18. The highest BCUT2D eigenvalue weighted by Gasteiger charge is 2.34. The molecule has 0 amide bonds. The number of thiazole rings is 1. The average molecular weight is 209 g/mol. The Morgan fingerprint density at radius 2 is 2.36 bits per heavy atom. The van der Waals surface area contributed by atoms with E-state index in [4.69, 9.17) is 0 Å². The van der Waals surface area contributed by atoms with Gasteiger partial charge in [0.05, 0.1) is 0 Å². The summed E-state index contributed by atoms with van der Waals surface area (Å²) < 4.78 is 0. The normalized spacial score (nSPS) is 28.1. The van der Waals surface area contributed by atoms with Crippen LogP contribution in [0.1, 0.15) is 19.3 Å². The highest BCUT2D eigenvalue weighted by Crippen LogP contribution is 2.30. The van der Waals surface area contributed by atoms with Gasteiger partial charge in [-0.05, 0) is 19.3 Å². The fourth-order valence-electron chi connectivity index (χ4n) is 2.15. The Bertz CT molecular complexity index is 294. The molecule has 3 rings (SSSR count). The van der Waals surface area contributed by atoms with E-state index in [-0.39, 0.29) is 0 Å². The molecule has 2 heterocycles. The number of hydrogen-bond donors (Lipinski definition) is 1. The van der Waals surface area contributed by atoms with Crippen LogP contribution < -0.4 is 5.32 Å². The zero-order valence-corrected chi connectivity index (χ0v) is 8.96. The summed E-state index contributed by atoms with van der Waals surface area (Å²) in [4.78, 5) is 6.87. The van der Waals surface area contributed by atoms with Crippen molar-refractivity contribution in [2.45, 2.75) is 31.3 Å². The van der Waals surface area contributed by atoms with Gasteiger partial charge in [0, 0.05) is 36.8 Å². The van der Waals surface area contributed by atoms with E-state index < -0.39 is 0 Å². The standard InChI is InChI=1S/C10H15N3S/c1-2-9(1)13-5-3-8(7-13)12-10-11-4-6-14-10/h4,6,8-9H,1-3,5,7H2,(H,11,12). The lowest BCUT2D eigenvalue weighted by Crippen LogP contribution is -2.27. The van der Waals surface area contributed by atoms with Crippen LogP contribution in [0.25, 0.3) is 0 Å². The van der Waals surface area contributed by atoms with Crippen LogP contribution >= 0.6 is 11.3 Å². The fourth-order valence-corrected chi connectivity index (χ4v) is 2.75. The topological polar surface area (TPSA) is 28.2 Å². The molecule has 0 radical (unpaired) electrons. The molecule has 14 heavy (non-hydrogen) atoms. The van der Waals surface area contributed by atoms with Gasteiger partial charge in [-0.1, -0.05) is 0 Å². The molecule has 0 aromatic carbocycles. The second kappa shape index (κ2) is 3.51. The molecule has 2 aliphatic rings. The minimum atomic E-state index is 0.627. The third-order valence-corrected chi connectivity index (χ3v) is 3.75. The van der Waals surface area contributed by atoms with Gasteiger partial charge in [0.1, 0.15) is 0 Å². The first-order valence-corrected chi connectivity index (χ1v) is 6.20. The highest BCUT2D eigenvalue weighted by molar-refractivity contribution is 7.13. The van der Waals surface area contributed by atoms with Gasteiger partial charge >= 0.3 is 0 Å². The molecule has 1 atom stereocenters. The fraction of sp³-hybridized carbons (Fsp3) is 0.700. The number of anilines is 1. The molecule has 1 aliphatic carbocycles. The van der Waals surface area contributed by atoms with Gasteiger partial charge in [-0.25, -0.2) is 4.98 Å². The van der Waals surface area contributed by atoms with Crippen molar-refractivity contribution in [3.05, 3.63) is 11.6 Å². The van der Waals surface area contributed by atoms with E-state index in [0.717, 1.165) is 11.2 Å². The minimum absolute atomic E-state index is 0.627. The first kappa shape index (κ1) is 8.68. The molecule has 1 unspecified atom stereocenters. The molecule has 76 valence electrons. The van der Waals surface area contributed by atoms with E-state index in [9.17, 15) is 0 Å². The zero-order chi connectivity index (χ0) is 9.38. The SMILES string of the molecule is c1csc(NC2CCN(C3CC3)C2)n1. The third-order valence-electron chi connectivity index (χ3n) is 3.04. The summed E-state index contributed by atoms with van der Waals surface area (Å²) in [5.41, 5.74) is 0. The summed E-state index contributed by atoms with van der Waals surface area (Å²) >= 11 is 1.69. The van der Waals surface area contributed by atoms with E-state index >= 15 is 0 Å². The lowest BCUT2D eigenvalue weighted by atomic mass is 10.3. The molecular weight excluding hydrogens is 194 g/mol. The summed E-state index contributed by atoms with van der Waals surface area (Å²) in [5.74, 6) is 0. The molecule has 4 heteroatoms. The maximum absolute atomic E-state index is 4.25. The molecule has 2 fully saturated rings. The minimum Gasteiger partial charge on any atom is -0.357 e. The van der Waals surface area contributed by atoms with Crippen molar-refractivity contribution in [1.29, 1.82) is 0 Å². The molecule has 3 nitrogen and oxygen atoms in total. The predicted octanol–water partition coefficient (Wildman–Crippen LogP) is 1.79. The Balaban J connectivity index is 1.55. The molecule has 1 aliphatic heterocycles. The smallest absolute Gasteiger partial charge is 0.182 e. The number of aromatic nitrogens is 1. The van der Waals surface area contributed by atoms with Crippen LogP contribution in [0.2, 0.25) is 0 Å². The van der Waals surface area contributed by atoms with Gasteiger partial charge < -0.3 is 5.32 Å². The van der Waals surface area contributed by atoms with Crippen molar-refractivity contribution in [2.24, 2.45) is 0 Å². The van der Waals surface area contributed by atoms with Crippen molar-refractivity contribution in [2.75, 3.05) is 18.4 Å². The summed E-state index contributed by atoms with van der Waals surface area (Å²) in [6.07, 6.45) is 5.98. The van der Waals surface area contributed by atoms with Gasteiger partial charge in [0.15, 0.2) is 5.13 Å². The quantitative estimate of drug-likeness (QED) is 0.822. The van der Waals surface area contributed by atoms with E-state index in [1.807, 2.05) is 11.6 Å². The molecule has 0 spiro atoms. The van der Waals surface area contributed by atoms with Gasteiger partial charge in [0.25, 0.3) is 0 Å². The van der Waals surface area contributed by atoms with Crippen LogP contribution in [0.5, 0.6) is 0 Å². The predicted molar refractivity (Wildman–Crippen MR) is 58.7 cm³/mol. The number of likely N-dealkylation sites (tertiary alicyclic amines) is 1. The lowest BCUT2D eigenvalue weighted by molar-refractivity contribution is 0.326. The van der Waals surface area contributed by atoms with Crippen LogP contribution in [0, 0.1) is 0 Å². The van der Waals surface area contributed by atoms with Gasteiger partial charge in [0.2, 0.25) is 0 Å². The first-order chi connectivity index (χ1) is 6.92. The Hall–Kier alpha value is -0.610. The van der Waals surface area contributed by atoms with Crippen LogP contribution in [-0.4, -0.2) is 35.1 Å². The number of hydrogen-bond acceptors (Lipinski definition) is 4. The van der Waals surface area contributed by atoms with E-state index in [1.54, 1.807) is 11.3 Å². The molecular formula is C10H15N3S. The second-order valence-corrected chi connectivity index (χ2v) is 5.09. The number of nitrogens with one attached hydrogen (secondary N) is 1. The van der Waals surface area contributed by atoms with Crippen LogP contribution in [0.15, 0.2) is 11.6 Å². The molecule has 1 saturated carbocycles. The summed E-state index contributed by atoms with van der Waals surface area (Å²) in [6.45, 7) is 2.48. The van der Waals surface area contributed by atoms with Gasteiger partial charge in [-0.3, -0.25) is 4.90 Å². The largest absolute Gasteiger partial charge is 0.357 e. The summed E-state index contributed by atoms with van der Waals surface area (Å²) in [5, 5.41) is 6.60. The second-order valence-electron chi connectivity index (χ2n) is 4.19. The van der Waals surface area contributed by atoms with E-state index in [1.165, 1.54) is 32.4 Å². The van der Waals surface area contributed by atoms with Crippen LogP contribution in [0.3, 0.4) is 0 Å². The number of nitrogens with zero attached hydrogens (tertiary/aromatic N) is 2. The van der Waals surface area contributed by atoms with Gasteiger partial charge in [-0.15, -0.1) is 11.3 Å². The molecule has 1 saturated heterocycles. The lowest BCUT2D eigenvalue weighted by Gasteiger charge is -2.15. The molecule has 0 bridgehead atoms. The van der Waals surface area contributed by atoms with Crippen molar-refractivity contribution >= 4 is 16.5 Å². The monoisotopic (exact) mass is 209 g/mol. The Labute approximate surface area is 88.1 Å². The highest BCUT2D eigenvalue weighted by atomic mass is 32.1. The summed E-state index contributed by atoms with van der Waals surface area (Å²) in [6, 6.07) is 1.54. The van der Waals surface area contributed by atoms with E-state index in [0.29, 0.717) is 6.04 Å². The average Bonchev–Trinajstić information content (AvgIpc) is 2.75. The number of rotatable bonds is 3. The van der Waals surface area contributed by atoms with Gasteiger partial charge in [-0.2, -0.15) is 0 Å². The maximum Gasteiger partial charge on any atom is 0.182 e. The van der Waals surface area contributed by atoms with Crippen molar-refractivity contribution < 1.29 is 0 Å².